The summed E-state index contributed by atoms with van der Waals surface area (Å²) in [6.07, 6.45) is 1.61. The van der Waals surface area contributed by atoms with Crippen LogP contribution in [0.25, 0.3) is 22.2 Å². The molecule has 0 aliphatic rings. The van der Waals surface area contributed by atoms with Crippen LogP contribution in [0.2, 0.25) is 0 Å². The van der Waals surface area contributed by atoms with E-state index in [4.69, 9.17) is 5.73 Å². The molecule has 0 spiro atoms. The molecule has 4 nitrogen and oxygen atoms in total. The molecule has 1 unspecified atom stereocenters. The van der Waals surface area contributed by atoms with Gasteiger partial charge in [-0.25, -0.2) is 13.8 Å². The minimum absolute atomic E-state index is 0.117. The highest BCUT2D eigenvalue weighted by Crippen LogP contribution is 2.32. The lowest BCUT2D eigenvalue weighted by Gasteiger charge is -2.20. The van der Waals surface area contributed by atoms with Crippen LogP contribution in [0.4, 0.5) is 14.5 Å². The maximum Gasteiger partial charge on any atom is 0.167 e. The van der Waals surface area contributed by atoms with Crippen molar-refractivity contribution in [2.75, 3.05) is 11.9 Å². The SMILES string of the molecule is Cc1cc(-c2ccc(C(CN)Nc3ccc4[nH]cnc4c3)c(F)c2F)cs1. The maximum atomic E-state index is 14.8. The molecule has 4 N–H and O–H groups in total. The second-order valence-electron chi connectivity index (χ2n) is 6.34. The molecule has 2 heterocycles. The highest BCUT2D eigenvalue weighted by atomic mass is 32.1. The number of imidazole rings is 1. The maximum absolute atomic E-state index is 14.8. The minimum Gasteiger partial charge on any atom is -0.377 e. The number of H-pyrrole nitrogens is 1. The molecule has 2 aromatic heterocycles. The Morgan fingerprint density at radius 2 is 2.04 bits per heavy atom. The third kappa shape index (κ3) is 3.31. The van der Waals surface area contributed by atoms with Crippen LogP contribution in [0, 0.1) is 18.6 Å². The number of thiophene rings is 1. The Hall–Kier alpha value is -2.77. The fourth-order valence-electron chi connectivity index (χ4n) is 3.13. The molecule has 0 bridgehead atoms. The van der Waals surface area contributed by atoms with E-state index in [-0.39, 0.29) is 17.7 Å². The fraction of sp³-hybridized carbons (Fsp3) is 0.150. The van der Waals surface area contributed by atoms with E-state index in [1.807, 2.05) is 36.6 Å². The summed E-state index contributed by atoms with van der Waals surface area (Å²) >= 11 is 1.50. The smallest absolute Gasteiger partial charge is 0.167 e. The van der Waals surface area contributed by atoms with Crippen LogP contribution in [-0.2, 0) is 0 Å². The Balaban J connectivity index is 1.66. The number of anilines is 1. The topological polar surface area (TPSA) is 66.7 Å². The summed E-state index contributed by atoms with van der Waals surface area (Å²) in [6.45, 7) is 2.05. The van der Waals surface area contributed by atoms with Crippen molar-refractivity contribution in [3.63, 3.8) is 0 Å². The largest absolute Gasteiger partial charge is 0.377 e. The van der Waals surface area contributed by atoms with Gasteiger partial charge in [-0.3, -0.25) is 0 Å². The summed E-state index contributed by atoms with van der Waals surface area (Å²) in [5.41, 5.74) is 9.41. The Labute approximate surface area is 159 Å². The number of nitrogens with zero attached hydrogens (tertiary/aromatic N) is 1. The van der Waals surface area contributed by atoms with Crippen molar-refractivity contribution < 1.29 is 8.78 Å². The van der Waals surface area contributed by atoms with Gasteiger partial charge in [0.1, 0.15) is 0 Å². The van der Waals surface area contributed by atoms with Crippen LogP contribution in [0.15, 0.2) is 48.1 Å². The average Bonchev–Trinajstić information content (AvgIpc) is 3.30. The molecule has 0 amide bonds. The number of nitrogens with one attached hydrogen (secondary N) is 2. The first kappa shape index (κ1) is 17.6. The molecule has 138 valence electrons. The van der Waals surface area contributed by atoms with Crippen molar-refractivity contribution in [3.05, 3.63) is 70.2 Å². The third-order valence-electron chi connectivity index (χ3n) is 4.53. The average molecular weight is 384 g/mol. The number of aromatic amines is 1. The number of halogens is 2. The predicted molar refractivity (Wildman–Crippen MR) is 106 cm³/mol. The first-order chi connectivity index (χ1) is 13.1. The van der Waals surface area contributed by atoms with Gasteiger partial charge in [0.15, 0.2) is 11.6 Å². The number of fused-ring (bicyclic) bond motifs is 1. The molecular formula is C20H18F2N4S. The monoisotopic (exact) mass is 384 g/mol. The first-order valence-corrected chi connectivity index (χ1v) is 9.38. The molecule has 0 fully saturated rings. The van der Waals surface area contributed by atoms with Gasteiger partial charge >= 0.3 is 0 Å². The van der Waals surface area contributed by atoms with Crippen molar-refractivity contribution in [2.24, 2.45) is 5.73 Å². The van der Waals surface area contributed by atoms with Crippen LogP contribution in [0.3, 0.4) is 0 Å². The highest BCUT2D eigenvalue weighted by molar-refractivity contribution is 7.10. The molecule has 0 saturated heterocycles. The highest BCUT2D eigenvalue weighted by Gasteiger charge is 2.21. The van der Waals surface area contributed by atoms with Gasteiger partial charge in [0, 0.05) is 28.2 Å². The van der Waals surface area contributed by atoms with E-state index in [1.54, 1.807) is 18.5 Å². The summed E-state index contributed by atoms with van der Waals surface area (Å²) in [7, 11) is 0. The zero-order chi connectivity index (χ0) is 19.0. The lowest BCUT2D eigenvalue weighted by atomic mass is 10.00. The zero-order valence-electron chi connectivity index (χ0n) is 14.6. The summed E-state index contributed by atoms with van der Waals surface area (Å²) in [6, 6.07) is 10.0. The second kappa shape index (κ2) is 7.09. The lowest BCUT2D eigenvalue weighted by molar-refractivity contribution is 0.495. The summed E-state index contributed by atoms with van der Waals surface area (Å²) in [5, 5.41) is 5.00. The Morgan fingerprint density at radius 3 is 2.78 bits per heavy atom. The summed E-state index contributed by atoms with van der Waals surface area (Å²) in [5.74, 6) is -1.73. The molecule has 27 heavy (non-hydrogen) atoms. The number of hydrogen-bond donors (Lipinski definition) is 3. The van der Waals surface area contributed by atoms with E-state index in [0.29, 0.717) is 5.56 Å². The van der Waals surface area contributed by atoms with Crippen molar-refractivity contribution in [1.29, 1.82) is 0 Å². The number of rotatable bonds is 5. The summed E-state index contributed by atoms with van der Waals surface area (Å²) < 4.78 is 29.5. The van der Waals surface area contributed by atoms with Gasteiger partial charge < -0.3 is 16.0 Å². The van der Waals surface area contributed by atoms with Gasteiger partial charge in [-0.05, 0) is 42.1 Å². The first-order valence-electron chi connectivity index (χ1n) is 8.50. The molecule has 0 aliphatic heterocycles. The Kier molecular flexibility index (Phi) is 4.63. The number of nitrogens with two attached hydrogens (primary N) is 1. The quantitative estimate of drug-likeness (QED) is 0.454. The van der Waals surface area contributed by atoms with E-state index in [0.717, 1.165) is 21.6 Å². The van der Waals surface area contributed by atoms with Crippen molar-refractivity contribution in [3.8, 4) is 11.1 Å². The third-order valence-corrected chi connectivity index (χ3v) is 5.39. The molecule has 0 radical (unpaired) electrons. The molecule has 0 aliphatic carbocycles. The van der Waals surface area contributed by atoms with E-state index < -0.39 is 17.7 Å². The number of hydrogen-bond acceptors (Lipinski definition) is 4. The molecule has 4 rings (SSSR count). The van der Waals surface area contributed by atoms with Crippen LogP contribution in [-0.4, -0.2) is 16.5 Å². The molecule has 4 aromatic rings. The zero-order valence-corrected chi connectivity index (χ0v) is 15.4. The van der Waals surface area contributed by atoms with Crippen LogP contribution >= 0.6 is 11.3 Å². The molecule has 2 aromatic carbocycles. The van der Waals surface area contributed by atoms with Crippen molar-refractivity contribution in [1.82, 2.24) is 9.97 Å². The number of aromatic nitrogens is 2. The van der Waals surface area contributed by atoms with Gasteiger partial charge in [0.2, 0.25) is 0 Å². The lowest BCUT2D eigenvalue weighted by Crippen LogP contribution is -2.22. The number of benzene rings is 2. The van der Waals surface area contributed by atoms with Crippen molar-refractivity contribution >= 4 is 28.1 Å². The van der Waals surface area contributed by atoms with Gasteiger partial charge in [-0.2, -0.15) is 0 Å². The molecule has 1 atom stereocenters. The second-order valence-corrected chi connectivity index (χ2v) is 7.46. The van der Waals surface area contributed by atoms with E-state index in [9.17, 15) is 8.78 Å². The van der Waals surface area contributed by atoms with Crippen molar-refractivity contribution in [2.45, 2.75) is 13.0 Å². The van der Waals surface area contributed by atoms with Crippen LogP contribution in [0.1, 0.15) is 16.5 Å². The predicted octanol–water partition coefficient (Wildman–Crippen LogP) is 4.99. The molecule has 0 saturated carbocycles. The van der Waals surface area contributed by atoms with E-state index in [2.05, 4.69) is 15.3 Å². The van der Waals surface area contributed by atoms with Crippen LogP contribution in [0.5, 0.6) is 0 Å². The standard InChI is InChI=1S/C20H18F2N4S/c1-11-6-12(9-27-11)14-3-4-15(20(22)19(14)21)18(8-23)26-13-2-5-16-17(7-13)25-10-24-16/h2-7,9-10,18,26H,8,23H2,1H3,(H,24,25). The summed E-state index contributed by atoms with van der Waals surface area (Å²) in [4.78, 5) is 8.26. The van der Waals surface area contributed by atoms with Gasteiger partial charge in [0.05, 0.1) is 23.4 Å². The van der Waals surface area contributed by atoms with Gasteiger partial charge in [-0.15, -0.1) is 11.3 Å². The Bertz CT molecular complexity index is 1100. The fourth-order valence-corrected chi connectivity index (χ4v) is 3.83. The minimum atomic E-state index is -0.875. The van der Waals surface area contributed by atoms with E-state index >= 15 is 0 Å². The molecular weight excluding hydrogens is 366 g/mol. The van der Waals surface area contributed by atoms with E-state index in [1.165, 1.54) is 11.3 Å². The number of aryl methyl sites for hydroxylation is 1. The van der Waals surface area contributed by atoms with Gasteiger partial charge in [0.25, 0.3) is 0 Å². The van der Waals surface area contributed by atoms with Crippen LogP contribution < -0.4 is 11.1 Å². The normalized spacial score (nSPS) is 12.4. The Morgan fingerprint density at radius 1 is 1.19 bits per heavy atom. The molecule has 7 heteroatoms. The van der Waals surface area contributed by atoms with Gasteiger partial charge in [-0.1, -0.05) is 12.1 Å².